The molecule has 3 aromatic heterocycles. The lowest BCUT2D eigenvalue weighted by atomic mass is 9.91. The minimum Gasteiger partial charge on any atom is -0.355 e. The van der Waals surface area contributed by atoms with Crippen LogP contribution in [0.15, 0.2) is 47.5 Å². The molecule has 0 amide bonds. The van der Waals surface area contributed by atoms with Gasteiger partial charge in [0.1, 0.15) is 27.9 Å². The fourth-order valence-corrected chi connectivity index (χ4v) is 5.82. The van der Waals surface area contributed by atoms with Crippen molar-refractivity contribution in [2.45, 2.75) is 11.8 Å². The molecule has 1 aromatic carbocycles. The average Bonchev–Trinajstić information content (AvgIpc) is 3.30. The minimum atomic E-state index is -0.388. The van der Waals surface area contributed by atoms with E-state index in [1.807, 2.05) is 12.1 Å². The summed E-state index contributed by atoms with van der Waals surface area (Å²) in [5, 5.41) is 7.26. The van der Waals surface area contributed by atoms with Gasteiger partial charge in [0.2, 0.25) is 0 Å². The van der Waals surface area contributed by atoms with Crippen molar-refractivity contribution in [3.05, 3.63) is 69.5 Å². The van der Waals surface area contributed by atoms with Gasteiger partial charge in [-0.05, 0) is 36.0 Å². The van der Waals surface area contributed by atoms with Crippen LogP contribution in [0.1, 0.15) is 12.0 Å². The normalized spacial score (nSPS) is 24.2. The molecule has 3 atom stereocenters. The van der Waals surface area contributed by atoms with E-state index in [-0.39, 0.29) is 27.7 Å². The molecule has 33 heavy (non-hydrogen) atoms. The number of hydrogen-bond donors (Lipinski definition) is 3. The Balaban J connectivity index is 1.30. The first-order valence-electron chi connectivity index (χ1n) is 10.8. The molecule has 0 unspecified atom stereocenters. The molecule has 1 aliphatic heterocycles. The van der Waals surface area contributed by atoms with Crippen LogP contribution in [0, 0.1) is 17.7 Å². The van der Waals surface area contributed by atoms with Gasteiger partial charge in [-0.3, -0.25) is 9.89 Å². The molecular weight excluding hydrogens is 445 g/mol. The van der Waals surface area contributed by atoms with E-state index >= 15 is 0 Å². The fourth-order valence-electron chi connectivity index (χ4n) is 5.61. The van der Waals surface area contributed by atoms with Crippen molar-refractivity contribution >= 4 is 28.6 Å². The van der Waals surface area contributed by atoms with Gasteiger partial charge in [0, 0.05) is 36.8 Å². The number of nitrogens with zero attached hydrogens (tertiary/aromatic N) is 4. The van der Waals surface area contributed by atoms with E-state index in [0.717, 1.165) is 30.9 Å². The number of aromatic nitrogens is 5. The number of pyridine rings is 1. The molecule has 10 heteroatoms. The van der Waals surface area contributed by atoms with Gasteiger partial charge in [0.25, 0.3) is 5.56 Å². The Hall–Kier alpha value is -3.30. The largest absolute Gasteiger partial charge is 0.355 e. The number of H-pyrrole nitrogens is 2. The van der Waals surface area contributed by atoms with Crippen LogP contribution in [0.5, 0.6) is 0 Å². The number of halogens is 2. The third kappa shape index (κ3) is 2.92. The molecule has 6 rings (SSSR count). The zero-order valence-electron chi connectivity index (χ0n) is 17.6. The Morgan fingerprint density at radius 2 is 2.12 bits per heavy atom. The van der Waals surface area contributed by atoms with Crippen molar-refractivity contribution in [3.8, 4) is 11.3 Å². The first-order chi connectivity index (χ1) is 16.0. The lowest BCUT2D eigenvalue weighted by molar-refractivity contribution is 0.533. The number of nitrogens with one attached hydrogen (secondary N) is 2. The first-order valence-corrected chi connectivity index (χ1v) is 11.2. The SMILES string of the molecule is NC[C@]1(c2ccccc2F)[C@@H]2CCN(c3cnc4c(-c5cc[nH]c(=O)c5Cl)n[nH]c4n3)C[C@@H]21. The van der Waals surface area contributed by atoms with E-state index in [0.29, 0.717) is 34.9 Å². The number of fused-ring (bicyclic) bond motifs is 2. The van der Waals surface area contributed by atoms with Crippen molar-refractivity contribution in [3.63, 3.8) is 0 Å². The summed E-state index contributed by atoms with van der Waals surface area (Å²) in [6, 6.07) is 8.64. The Kier molecular flexibility index (Phi) is 4.53. The second kappa shape index (κ2) is 7.36. The van der Waals surface area contributed by atoms with Crippen LogP contribution < -0.4 is 16.2 Å². The number of piperidine rings is 1. The Labute approximate surface area is 193 Å². The van der Waals surface area contributed by atoms with Crippen LogP contribution in [-0.2, 0) is 5.41 Å². The number of aromatic amines is 2. The number of rotatable bonds is 4. The van der Waals surface area contributed by atoms with Crippen molar-refractivity contribution in [2.75, 3.05) is 24.5 Å². The van der Waals surface area contributed by atoms with Gasteiger partial charge in [-0.25, -0.2) is 14.4 Å². The highest BCUT2D eigenvalue weighted by atomic mass is 35.5. The molecule has 0 bridgehead atoms. The molecule has 1 saturated heterocycles. The van der Waals surface area contributed by atoms with Gasteiger partial charge < -0.3 is 15.6 Å². The molecule has 2 aliphatic rings. The van der Waals surface area contributed by atoms with Crippen molar-refractivity contribution in [2.24, 2.45) is 17.6 Å². The molecule has 0 spiro atoms. The Morgan fingerprint density at radius 1 is 1.27 bits per heavy atom. The molecule has 1 saturated carbocycles. The van der Waals surface area contributed by atoms with Gasteiger partial charge in [-0.2, -0.15) is 5.10 Å². The van der Waals surface area contributed by atoms with Crippen molar-refractivity contribution in [1.29, 1.82) is 0 Å². The van der Waals surface area contributed by atoms with Crippen LogP contribution in [0.4, 0.5) is 10.2 Å². The van der Waals surface area contributed by atoms with E-state index in [1.165, 1.54) is 12.3 Å². The summed E-state index contributed by atoms with van der Waals surface area (Å²) in [5.41, 5.74) is 8.23. The molecular formula is C23H21ClFN7O. The highest BCUT2D eigenvalue weighted by molar-refractivity contribution is 6.33. The highest BCUT2D eigenvalue weighted by Crippen LogP contribution is 2.63. The molecule has 1 aliphatic carbocycles. The highest BCUT2D eigenvalue weighted by Gasteiger charge is 2.66. The zero-order valence-corrected chi connectivity index (χ0v) is 18.3. The molecule has 168 valence electrons. The topological polar surface area (TPSA) is 117 Å². The number of anilines is 1. The van der Waals surface area contributed by atoms with E-state index in [4.69, 9.17) is 22.3 Å². The Morgan fingerprint density at radius 3 is 2.94 bits per heavy atom. The summed E-state index contributed by atoms with van der Waals surface area (Å²) in [7, 11) is 0. The van der Waals surface area contributed by atoms with E-state index in [9.17, 15) is 9.18 Å². The van der Waals surface area contributed by atoms with Crippen molar-refractivity contribution in [1.82, 2.24) is 25.1 Å². The van der Waals surface area contributed by atoms with Crippen LogP contribution in [0.3, 0.4) is 0 Å². The molecule has 4 aromatic rings. The van der Waals surface area contributed by atoms with Gasteiger partial charge in [0.05, 0.1) is 6.20 Å². The van der Waals surface area contributed by atoms with Gasteiger partial charge in [-0.15, -0.1) is 0 Å². The molecule has 0 radical (unpaired) electrons. The average molecular weight is 466 g/mol. The number of nitrogens with two attached hydrogens (primary N) is 1. The first kappa shape index (κ1) is 20.3. The number of hydrogen-bond acceptors (Lipinski definition) is 6. The minimum absolute atomic E-state index is 0.0545. The van der Waals surface area contributed by atoms with Gasteiger partial charge >= 0.3 is 0 Å². The second-order valence-electron chi connectivity index (χ2n) is 8.70. The molecule has 4 heterocycles. The summed E-state index contributed by atoms with van der Waals surface area (Å²) >= 11 is 6.17. The van der Waals surface area contributed by atoms with Gasteiger partial charge in [0.15, 0.2) is 5.65 Å². The monoisotopic (exact) mass is 465 g/mol. The summed E-state index contributed by atoms with van der Waals surface area (Å²) in [6.07, 6.45) is 4.13. The lowest BCUT2D eigenvalue weighted by Crippen LogP contribution is -2.32. The summed E-state index contributed by atoms with van der Waals surface area (Å²) in [5.74, 6) is 1.16. The summed E-state index contributed by atoms with van der Waals surface area (Å²) in [6.45, 7) is 1.94. The quantitative estimate of drug-likeness (QED) is 0.426. The third-order valence-corrected chi connectivity index (χ3v) is 7.65. The lowest BCUT2D eigenvalue weighted by Gasteiger charge is -2.26. The summed E-state index contributed by atoms with van der Waals surface area (Å²) in [4.78, 5) is 25.9. The Bertz CT molecular complexity index is 1440. The number of benzene rings is 1. The predicted molar refractivity (Wildman–Crippen MR) is 124 cm³/mol. The molecule has 2 fully saturated rings. The smallest absolute Gasteiger partial charge is 0.267 e. The van der Waals surface area contributed by atoms with E-state index in [1.54, 1.807) is 18.3 Å². The van der Waals surface area contributed by atoms with E-state index < -0.39 is 0 Å². The predicted octanol–water partition coefficient (Wildman–Crippen LogP) is 2.85. The van der Waals surface area contributed by atoms with E-state index in [2.05, 4.69) is 25.1 Å². The van der Waals surface area contributed by atoms with Gasteiger partial charge in [-0.1, -0.05) is 29.8 Å². The van der Waals surface area contributed by atoms with Crippen LogP contribution in [0.2, 0.25) is 5.02 Å². The standard InChI is InChI=1S/C23H21ClFN7O/c24-18-12(5-7-27-22(18)33)19-20-21(31-30-19)29-17(9-28-20)32-8-6-13-15(10-32)23(13,11-26)14-3-1-2-4-16(14)25/h1-5,7,9,13,15H,6,8,10-11,26H2,(H,27,33)(H,29,30,31)/t13-,15+,23-/m1/s1. The van der Waals surface area contributed by atoms with Crippen LogP contribution >= 0.6 is 11.6 Å². The maximum absolute atomic E-state index is 14.6. The van der Waals surface area contributed by atoms with Crippen LogP contribution in [0.25, 0.3) is 22.4 Å². The second-order valence-corrected chi connectivity index (χ2v) is 9.08. The van der Waals surface area contributed by atoms with Crippen molar-refractivity contribution < 1.29 is 4.39 Å². The zero-order chi connectivity index (χ0) is 22.7. The maximum atomic E-state index is 14.6. The molecule has 8 nitrogen and oxygen atoms in total. The third-order valence-electron chi connectivity index (χ3n) is 7.28. The summed E-state index contributed by atoms with van der Waals surface area (Å²) < 4.78 is 14.6. The molecule has 4 N–H and O–H groups in total. The van der Waals surface area contributed by atoms with Crippen LogP contribution in [-0.4, -0.2) is 44.8 Å². The maximum Gasteiger partial charge on any atom is 0.267 e. The fraction of sp³-hybridized carbons (Fsp3) is 0.304.